The highest BCUT2D eigenvalue weighted by molar-refractivity contribution is 7.91. The molecule has 0 radical (unpaired) electrons. The van der Waals surface area contributed by atoms with Gasteiger partial charge in [-0.1, -0.05) is 35.9 Å². The first-order valence-corrected chi connectivity index (χ1v) is 11.4. The van der Waals surface area contributed by atoms with E-state index in [0.29, 0.717) is 17.2 Å². The largest absolute Gasteiger partial charge is 0.346 e. The zero-order valence-corrected chi connectivity index (χ0v) is 17.2. The number of carbonyl (C=O) groups excluding carboxylic acids is 2. The minimum absolute atomic E-state index is 0.112. The number of benzene rings is 1. The van der Waals surface area contributed by atoms with E-state index in [4.69, 9.17) is 0 Å². The Kier molecular flexibility index (Phi) is 6.48. The molecule has 3 rings (SSSR count). The predicted molar refractivity (Wildman–Crippen MR) is 107 cm³/mol. The number of hydrogen-bond acceptors (Lipinski definition) is 5. The number of amides is 2. The van der Waals surface area contributed by atoms with Crippen LogP contribution in [0.15, 0.2) is 46.0 Å². The number of sulfonamides is 1. The molecule has 0 aliphatic carbocycles. The molecule has 1 aliphatic rings. The van der Waals surface area contributed by atoms with Crippen LogP contribution in [0.25, 0.3) is 0 Å². The number of rotatable bonds is 6. The number of thiophene rings is 1. The van der Waals surface area contributed by atoms with E-state index < -0.39 is 21.8 Å². The molecule has 9 heteroatoms. The zero-order chi connectivity index (χ0) is 20.1. The maximum absolute atomic E-state index is 12.7. The molecule has 28 heavy (non-hydrogen) atoms. The van der Waals surface area contributed by atoms with Crippen LogP contribution in [-0.2, 0) is 26.2 Å². The molecule has 1 aliphatic heterocycles. The maximum atomic E-state index is 12.7. The quantitative estimate of drug-likeness (QED) is 0.693. The van der Waals surface area contributed by atoms with Crippen LogP contribution >= 0.6 is 11.3 Å². The fourth-order valence-electron chi connectivity index (χ4n) is 3.11. The van der Waals surface area contributed by atoms with E-state index in [1.165, 1.54) is 15.6 Å². The number of nitrogens with one attached hydrogen (secondary N) is 2. The topological polar surface area (TPSA) is 95.6 Å². The second-order valence-electron chi connectivity index (χ2n) is 6.72. The van der Waals surface area contributed by atoms with E-state index in [9.17, 15) is 18.0 Å². The van der Waals surface area contributed by atoms with Gasteiger partial charge in [0.15, 0.2) is 0 Å². The van der Waals surface area contributed by atoms with Gasteiger partial charge in [-0.15, -0.1) is 11.3 Å². The summed E-state index contributed by atoms with van der Waals surface area (Å²) in [6.07, 6.45) is 1.38. The molecule has 2 N–H and O–H groups in total. The van der Waals surface area contributed by atoms with E-state index in [1.807, 2.05) is 31.2 Å². The monoisotopic (exact) mass is 421 g/mol. The van der Waals surface area contributed by atoms with Crippen LogP contribution in [0.3, 0.4) is 0 Å². The average molecular weight is 422 g/mol. The molecule has 2 aromatic rings. The summed E-state index contributed by atoms with van der Waals surface area (Å²) in [6, 6.07) is 10.6. The van der Waals surface area contributed by atoms with Gasteiger partial charge in [-0.25, -0.2) is 8.42 Å². The minimum Gasteiger partial charge on any atom is -0.346 e. The van der Waals surface area contributed by atoms with Gasteiger partial charge in [0.1, 0.15) is 4.21 Å². The molecule has 0 bridgehead atoms. The Bertz CT molecular complexity index is 925. The first-order valence-electron chi connectivity index (χ1n) is 9.05. The Hall–Kier alpha value is -2.23. The number of carbonyl (C=O) groups is 2. The van der Waals surface area contributed by atoms with Crippen molar-refractivity contribution in [2.75, 3.05) is 13.1 Å². The second kappa shape index (κ2) is 8.85. The van der Waals surface area contributed by atoms with Crippen molar-refractivity contribution in [1.82, 2.24) is 14.9 Å². The van der Waals surface area contributed by atoms with Crippen LogP contribution in [0.5, 0.6) is 0 Å². The van der Waals surface area contributed by atoms with Gasteiger partial charge >= 0.3 is 11.8 Å². The lowest BCUT2D eigenvalue weighted by Crippen LogP contribution is -2.46. The van der Waals surface area contributed by atoms with Crippen molar-refractivity contribution in [2.24, 2.45) is 0 Å². The summed E-state index contributed by atoms with van der Waals surface area (Å²) in [5.41, 5.74) is 2.02. The number of hydrogen-bond donors (Lipinski definition) is 2. The Labute approximate surface area is 168 Å². The summed E-state index contributed by atoms with van der Waals surface area (Å²) in [6.45, 7) is 2.76. The molecule has 1 aromatic carbocycles. The standard InChI is InChI=1S/C19H23N3O4S2/c1-14-6-8-15(9-7-14)12-20-18(23)19(24)21-13-16-4-2-10-22(16)28(25,26)17-5-3-11-27-17/h3,5-9,11,16H,2,4,10,12-13H2,1H3,(H,20,23)(H,21,24)/t16-/m1/s1. The summed E-state index contributed by atoms with van der Waals surface area (Å²) in [5, 5.41) is 6.86. The third-order valence-electron chi connectivity index (χ3n) is 4.66. The van der Waals surface area contributed by atoms with E-state index in [-0.39, 0.29) is 19.1 Å². The van der Waals surface area contributed by atoms with E-state index in [1.54, 1.807) is 17.5 Å². The van der Waals surface area contributed by atoms with Gasteiger partial charge in [0.25, 0.3) is 10.0 Å². The molecule has 1 saturated heterocycles. The van der Waals surface area contributed by atoms with Crippen molar-refractivity contribution < 1.29 is 18.0 Å². The average Bonchev–Trinajstić information content (AvgIpc) is 3.37. The highest BCUT2D eigenvalue weighted by Crippen LogP contribution is 2.28. The van der Waals surface area contributed by atoms with Gasteiger partial charge in [0.05, 0.1) is 0 Å². The minimum atomic E-state index is -3.56. The summed E-state index contributed by atoms with van der Waals surface area (Å²) in [4.78, 5) is 24.1. The van der Waals surface area contributed by atoms with Crippen LogP contribution in [0.4, 0.5) is 0 Å². The van der Waals surface area contributed by atoms with Gasteiger partial charge < -0.3 is 10.6 Å². The molecule has 2 amide bonds. The second-order valence-corrected chi connectivity index (χ2v) is 9.79. The molecule has 150 valence electrons. The Morgan fingerprint density at radius 2 is 1.86 bits per heavy atom. The predicted octanol–water partition coefficient (Wildman–Crippen LogP) is 1.64. The third kappa shape index (κ3) is 4.78. The lowest BCUT2D eigenvalue weighted by atomic mass is 10.1. The summed E-state index contributed by atoms with van der Waals surface area (Å²) in [5.74, 6) is -1.49. The SMILES string of the molecule is Cc1ccc(CNC(=O)C(=O)NC[C@H]2CCCN2S(=O)(=O)c2cccs2)cc1. The molecular weight excluding hydrogens is 398 g/mol. The molecule has 1 aromatic heterocycles. The van der Waals surface area contributed by atoms with Gasteiger partial charge in [-0.2, -0.15) is 4.31 Å². The molecule has 0 spiro atoms. The first kappa shape index (κ1) is 20.5. The number of aryl methyl sites for hydroxylation is 1. The fourth-order valence-corrected chi connectivity index (χ4v) is 5.93. The van der Waals surface area contributed by atoms with Crippen molar-refractivity contribution in [3.63, 3.8) is 0 Å². The molecule has 0 unspecified atom stereocenters. The van der Waals surface area contributed by atoms with Gasteiger partial charge in [-0.05, 0) is 36.8 Å². The fraction of sp³-hybridized carbons (Fsp3) is 0.368. The van der Waals surface area contributed by atoms with Gasteiger partial charge in [0.2, 0.25) is 0 Å². The smallest absolute Gasteiger partial charge is 0.309 e. The molecule has 1 fully saturated rings. The van der Waals surface area contributed by atoms with Crippen LogP contribution in [0.1, 0.15) is 24.0 Å². The van der Waals surface area contributed by atoms with Crippen molar-refractivity contribution in [3.8, 4) is 0 Å². The highest BCUT2D eigenvalue weighted by atomic mass is 32.2. The molecule has 1 atom stereocenters. The molecule has 7 nitrogen and oxygen atoms in total. The molecule has 2 heterocycles. The zero-order valence-electron chi connectivity index (χ0n) is 15.6. The van der Waals surface area contributed by atoms with Gasteiger partial charge in [-0.3, -0.25) is 9.59 Å². The van der Waals surface area contributed by atoms with Crippen LogP contribution in [0.2, 0.25) is 0 Å². The summed E-state index contributed by atoms with van der Waals surface area (Å²) < 4.78 is 27.1. The van der Waals surface area contributed by atoms with Crippen LogP contribution in [0, 0.1) is 6.92 Å². The third-order valence-corrected chi connectivity index (χ3v) is 7.98. The Morgan fingerprint density at radius 3 is 2.54 bits per heavy atom. The van der Waals surface area contributed by atoms with E-state index in [0.717, 1.165) is 17.5 Å². The van der Waals surface area contributed by atoms with Crippen molar-refractivity contribution in [1.29, 1.82) is 0 Å². The van der Waals surface area contributed by atoms with Crippen molar-refractivity contribution in [2.45, 2.75) is 36.6 Å². The summed E-state index contributed by atoms with van der Waals surface area (Å²) >= 11 is 1.17. The van der Waals surface area contributed by atoms with Gasteiger partial charge in [0, 0.05) is 25.7 Å². The molecular formula is C19H23N3O4S2. The lowest BCUT2D eigenvalue weighted by molar-refractivity contribution is -0.139. The highest BCUT2D eigenvalue weighted by Gasteiger charge is 2.36. The lowest BCUT2D eigenvalue weighted by Gasteiger charge is -2.23. The normalized spacial score (nSPS) is 17.4. The maximum Gasteiger partial charge on any atom is 0.309 e. The molecule has 0 saturated carbocycles. The summed E-state index contributed by atoms with van der Waals surface area (Å²) in [7, 11) is -3.56. The Morgan fingerprint density at radius 1 is 1.14 bits per heavy atom. The number of nitrogens with zero attached hydrogens (tertiary/aromatic N) is 1. The van der Waals surface area contributed by atoms with Crippen LogP contribution < -0.4 is 10.6 Å². The van der Waals surface area contributed by atoms with E-state index in [2.05, 4.69) is 10.6 Å². The van der Waals surface area contributed by atoms with Crippen molar-refractivity contribution >= 4 is 33.2 Å². The van der Waals surface area contributed by atoms with E-state index >= 15 is 0 Å². The van der Waals surface area contributed by atoms with Crippen LogP contribution in [-0.4, -0.2) is 43.7 Å². The first-order chi connectivity index (χ1) is 13.4. The van der Waals surface area contributed by atoms with Crippen molar-refractivity contribution in [3.05, 3.63) is 52.9 Å². The Balaban J connectivity index is 1.51.